The summed E-state index contributed by atoms with van der Waals surface area (Å²) in [6.07, 6.45) is -3.80. The lowest BCUT2D eigenvalue weighted by Gasteiger charge is -2.22. The van der Waals surface area contributed by atoms with E-state index in [0.717, 1.165) is 29.0 Å². The average molecular weight is 430 g/mol. The van der Waals surface area contributed by atoms with Crippen molar-refractivity contribution in [1.82, 2.24) is 15.3 Å². The van der Waals surface area contributed by atoms with Gasteiger partial charge in [-0.1, -0.05) is 12.1 Å². The first-order chi connectivity index (χ1) is 14.6. The molecule has 1 saturated carbocycles. The maximum atomic E-state index is 12.7. The minimum absolute atomic E-state index is 0.0256. The van der Waals surface area contributed by atoms with Gasteiger partial charge in [0.1, 0.15) is 11.9 Å². The van der Waals surface area contributed by atoms with Crippen LogP contribution < -0.4 is 10.2 Å². The number of amides is 2. The maximum absolute atomic E-state index is 12.7. The van der Waals surface area contributed by atoms with Gasteiger partial charge < -0.3 is 15.2 Å². The van der Waals surface area contributed by atoms with E-state index >= 15 is 0 Å². The Kier molecular flexibility index (Phi) is 5.20. The first-order valence-corrected chi connectivity index (χ1v) is 9.85. The Balaban J connectivity index is 1.36. The third kappa shape index (κ3) is 4.26. The number of aromatic amines is 1. The van der Waals surface area contributed by atoms with Crippen LogP contribution in [-0.4, -0.2) is 34.9 Å². The van der Waals surface area contributed by atoms with Crippen LogP contribution >= 0.6 is 0 Å². The van der Waals surface area contributed by atoms with Crippen molar-refractivity contribution in [2.75, 3.05) is 11.9 Å². The van der Waals surface area contributed by atoms with E-state index in [1.54, 1.807) is 6.92 Å². The number of likely N-dealkylation sites (N-methyl/N-ethyl adjacent to an activating group) is 1. The van der Waals surface area contributed by atoms with E-state index in [1.807, 2.05) is 24.3 Å². The summed E-state index contributed by atoms with van der Waals surface area (Å²) in [5.41, 5.74) is 1.27. The maximum Gasteiger partial charge on any atom is 0.416 e. The number of benzene rings is 2. The number of hydrogen-bond acceptors (Lipinski definition) is 3. The number of alkyl halides is 3. The highest BCUT2D eigenvalue weighted by Crippen LogP contribution is 2.46. The smallest absolute Gasteiger partial charge is 0.344 e. The molecule has 0 unspecified atom stereocenters. The topological polar surface area (TPSA) is 78.1 Å². The molecule has 0 aliphatic heterocycles. The van der Waals surface area contributed by atoms with Crippen LogP contribution in [0.5, 0.6) is 0 Å². The van der Waals surface area contributed by atoms with E-state index < -0.39 is 23.7 Å². The van der Waals surface area contributed by atoms with Crippen molar-refractivity contribution < 1.29 is 22.8 Å². The van der Waals surface area contributed by atoms with Crippen molar-refractivity contribution in [1.29, 1.82) is 0 Å². The Morgan fingerprint density at radius 2 is 1.84 bits per heavy atom. The van der Waals surface area contributed by atoms with Gasteiger partial charge in [0.25, 0.3) is 0 Å². The Hall–Kier alpha value is -3.36. The fourth-order valence-corrected chi connectivity index (χ4v) is 3.61. The summed E-state index contributed by atoms with van der Waals surface area (Å²) in [7, 11) is 1.46. The largest absolute Gasteiger partial charge is 0.416 e. The standard InChI is InChI=1S/C22H21F3N4O2/c1-12(21(31)29(2)14-9-7-13(8-10-14)22(23,24)25)26-20(30)16-11-15(16)19-27-17-5-3-4-6-18(17)28-19/h3-10,12,15-16H,11H2,1-2H3,(H,26,30)(H,27,28)/t12-,15+,16+/m1/s1. The van der Waals surface area contributed by atoms with Crippen LogP contribution in [-0.2, 0) is 15.8 Å². The van der Waals surface area contributed by atoms with Crippen molar-refractivity contribution in [2.24, 2.45) is 5.92 Å². The summed E-state index contributed by atoms with van der Waals surface area (Å²) in [5, 5.41) is 2.71. The van der Waals surface area contributed by atoms with Crippen LogP contribution in [0.3, 0.4) is 0 Å². The van der Waals surface area contributed by atoms with Gasteiger partial charge in [0.15, 0.2) is 0 Å². The van der Waals surface area contributed by atoms with Gasteiger partial charge in [-0.3, -0.25) is 9.59 Å². The molecular formula is C22H21F3N4O2. The predicted octanol–water partition coefficient (Wildman–Crippen LogP) is 3.85. The number of imidazole rings is 1. The Morgan fingerprint density at radius 1 is 1.16 bits per heavy atom. The average Bonchev–Trinajstić information content (AvgIpc) is 3.43. The fraction of sp³-hybridized carbons (Fsp3) is 0.318. The van der Waals surface area contributed by atoms with E-state index in [9.17, 15) is 22.8 Å². The molecule has 2 amide bonds. The van der Waals surface area contributed by atoms with Gasteiger partial charge in [0, 0.05) is 24.6 Å². The molecule has 4 rings (SSSR count). The summed E-state index contributed by atoms with van der Waals surface area (Å²) in [6.45, 7) is 1.55. The molecule has 1 heterocycles. The molecule has 0 radical (unpaired) electrons. The highest BCUT2D eigenvalue weighted by Gasteiger charge is 2.46. The first kappa shape index (κ1) is 20.9. The Morgan fingerprint density at radius 3 is 2.48 bits per heavy atom. The summed E-state index contributed by atoms with van der Waals surface area (Å²) in [6, 6.07) is 11.1. The zero-order valence-electron chi connectivity index (χ0n) is 16.9. The first-order valence-electron chi connectivity index (χ1n) is 9.85. The van der Waals surface area contributed by atoms with Gasteiger partial charge in [0.05, 0.1) is 16.6 Å². The summed E-state index contributed by atoms with van der Waals surface area (Å²) >= 11 is 0. The van der Waals surface area contributed by atoms with E-state index in [2.05, 4.69) is 15.3 Å². The number of hydrogen-bond donors (Lipinski definition) is 2. The lowest BCUT2D eigenvalue weighted by molar-refractivity contribution is -0.137. The number of para-hydroxylation sites is 2. The van der Waals surface area contributed by atoms with E-state index in [1.165, 1.54) is 24.1 Å². The molecule has 6 nitrogen and oxygen atoms in total. The van der Waals surface area contributed by atoms with Gasteiger partial charge in [-0.05, 0) is 49.7 Å². The van der Waals surface area contributed by atoms with E-state index in [-0.39, 0.29) is 17.7 Å². The number of carbonyl (C=O) groups is 2. The molecule has 1 aliphatic rings. The Bertz CT molecular complexity index is 1090. The van der Waals surface area contributed by atoms with Gasteiger partial charge in [-0.2, -0.15) is 13.2 Å². The molecule has 3 aromatic rings. The second-order valence-corrected chi connectivity index (χ2v) is 7.76. The van der Waals surface area contributed by atoms with Gasteiger partial charge >= 0.3 is 6.18 Å². The number of anilines is 1. The number of carbonyl (C=O) groups excluding carboxylic acids is 2. The number of fused-ring (bicyclic) bond motifs is 1. The van der Waals surface area contributed by atoms with Crippen LogP contribution in [0.15, 0.2) is 48.5 Å². The highest BCUT2D eigenvalue weighted by atomic mass is 19.4. The predicted molar refractivity (Wildman–Crippen MR) is 109 cm³/mol. The molecule has 31 heavy (non-hydrogen) atoms. The SMILES string of the molecule is C[C@@H](NC(=O)[C@H]1C[C@@H]1c1nc2ccccc2[nH]1)C(=O)N(C)c1ccc(C(F)(F)F)cc1. The van der Waals surface area contributed by atoms with E-state index in [0.29, 0.717) is 12.1 Å². The zero-order valence-corrected chi connectivity index (χ0v) is 16.9. The third-order valence-electron chi connectivity index (χ3n) is 5.53. The molecule has 3 atom stereocenters. The normalized spacial score (nSPS) is 19.1. The van der Waals surface area contributed by atoms with E-state index in [4.69, 9.17) is 0 Å². The molecule has 0 spiro atoms. The number of halogens is 3. The van der Waals surface area contributed by atoms with Crippen LogP contribution in [0.4, 0.5) is 18.9 Å². The molecule has 1 aliphatic carbocycles. The van der Waals surface area contributed by atoms with Crippen molar-refractivity contribution in [3.8, 4) is 0 Å². The van der Waals surface area contributed by atoms with Gasteiger partial charge in [-0.25, -0.2) is 4.98 Å². The molecule has 9 heteroatoms. The minimum Gasteiger partial charge on any atom is -0.344 e. The monoisotopic (exact) mass is 430 g/mol. The van der Waals surface area contributed by atoms with Crippen LogP contribution in [0.2, 0.25) is 0 Å². The van der Waals surface area contributed by atoms with Crippen molar-refractivity contribution in [2.45, 2.75) is 31.5 Å². The number of H-pyrrole nitrogens is 1. The molecule has 162 valence electrons. The van der Waals surface area contributed by atoms with Crippen molar-refractivity contribution >= 4 is 28.5 Å². The van der Waals surface area contributed by atoms with Gasteiger partial charge in [0.2, 0.25) is 11.8 Å². The molecule has 0 saturated heterocycles. The van der Waals surface area contributed by atoms with Crippen molar-refractivity contribution in [3.63, 3.8) is 0 Å². The summed E-state index contributed by atoms with van der Waals surface area (Å²) in [5.74, 6) is -0.210. The van der Waals surface area contributed by atoms with Gasteiger partial charge in [-0.15, -0.1) is 0 Å². The molecule has 0 bridgehead atoms. The van der Waals surface area contributed by atoms with Crippen LogP contribution in [0.1, 0.15) is 30.7 Å². The second kappa shape index (κ2) is 7.72. The third-order valence-corrected chi connectivity index (χ3v) is 5.53. The number of aromatic nitrogens is 2. The highest BCUT2D eigenvalue weighted by molar-refractivity contribution is 5.99. The Labute approximate surface area is 176 Å². The fourth-order valence-electron chi connectivity index (χ4n) is 3.61. The lowest BCUT2D eigenvalue weighted by atomic mass is 10.1. The van der Waals surface area contributed by atoms with Crippen molar-refractivity contribution in [3.05, 3.63) is 59.9 Å². The van der Waals surface area contributed by atoms with Crippen LogP contribution in [0.25, 0.3) is 11.0 Å². The number of nitrogens with zero attached hydrogens (tertiary/aromatic N) is 2. The number of rotatable bonds is 5. The second-order valence-electron chi connectivity index (χ2n) is 7.76. The molecule has 2 aromatic carbocycles. The summed E-state index contributed by atoms with van der Waals surface area (Å²) in [4.78, 5) is 34.2. The zero-order chi connectivity index (χ0) is 22.3. The molecular weight excluding hydrogens is 409 g/mol. The quantitative estimate of drug-likeness (QED) is 0.646. The molecule has 1 fully saturated rings. The minimum atomic E-state index is -4.44. The molecule has 1 aromatic heterocycles. The summed E-state index contributed by atoms with van der Waals surface area (Å²) < 4.78 is 38.1. The van der Waals surface area contributed by atoms with Crippen LogP contribution in [0, 0.1) is 5.92 Å². The molecule has 2 N–H and O–H groups in total. The lowest BCUT2D eigenvalue weighted by Crippen LogP contribution is -2.46. The number of nitrogens with one attached hydrogen (secondary N) is 2.